The summed E-state index contributed by atoms with van der Waals surface area (Å²) in [6, 6.07) is 9.63. The molecule has 1 N–H and O–H groups in total. The van der Waals surface area contributed by atoms with Gasteiger partial charge in [-0.3, -0.25) is 4.79 Å². The van der Waals surface area contributed by atoms with E-state index in [0.29, 0.717) is 31.4 Å². The molecule has 1 aromatic carbocycles. The van der Waals surface area contributed by atoms with E-state index in [1.807, 2.05) is 48.2 Å². The number of nitrogens with zero attached hydrogens (tertiary/aromatic N) is 4. The van der Waals surface area contributed by atoms with Crippen LogP contribution in [-0.4, -0.2) is 56.3 Å². The van der Waals surface area contributed by atoms with E-state index in [4.69, 9.17) is 4.74 Å². The number of ether oxygens (including phenoxy) is 1. The summed E-state index contributed by atoms with van der Waals surface area (Å²) in [6.45, 7) is 3.23. The third kappa shape index (κ3) is 4.24. The largest absolute Gasteiger partial charge is 0.378 e. The zero-order chi connectivity index (χ0) is 17.6. The molecule has 0 spiro atoms. The number of morpholine rings is 1. The fraction of sp³-hybridized carbons (Fsp3) is 0.389. The lowest BCUT2D eigenvalue weighted by Crippen LogP contribution is -2.37. The Morgan fingerprint density at radius 2 is 2.00 bits per heavy atom. The normalized spacial score (nSPS) is 14.2. The van der Waals surface area contributed by atoms with Gasteiger partial charge >= 0.3 is 0 Å². The van der Waals surface area contributed by atoms with Gasteiger partial charge in [0.15, 0.2) is 0 Å². The lowest BCUT2D eigenvalue weighted by Gasteiger charge is -2.26. The monoisotopic (exact) mass is 341 g/mol. The van der Waals surface area contributed by atoms with Gasteiger partial charge in [0, 0.05) is 45.6 Å². The van der Waals surface area contributed by atoms with Gasteiger partial charge < -0.3 is 19.9 Å². The lowest BCUT2D eigenvalue weighted by atomic mass is 10.1. The van der Waals surface area contributed by atoms with Crippen LogP contribution in [0.1, 0.15) is 16.1 Å². The van der Waals surface area contributed by atoms with E-state index >= 15 is 0 Å². The second-order valence-corrected chi connectivity index (χ2v) is 6.05. The Hall–Kier alpha value is -2.67. The summed E-state index contributed by atoms with van der Waals surface area (Å²) in [5.74, 6) is 0.370. The lowest BCUT2D eigenvalue weighted by molar-refractivity contribution is 0.0945. The zero-order valence-electron chi connectivity index (χ0n) is 14.6. The molecule has 1 saturated heterocycles. The molecule has 0 bridgehead atoms. The molecular formula is C18H23N5O2. The molecule has 7 nitrogen and oxygen atoms in total. The number of anilines is 2. The van der Waals surface area contributed by atoms with Gasteiger partial charge in [-0.15, -0.1) is 0 Å². The first-order valence-electron chi connectivity index (χ1n) is 8.34. The molecule has 132 valence electrons. The maximum Gasteiger partial charge on any atom is 0.270 e. The molecule has 0 unspecified atom stereocenters. The predicted octanol–water partition coefficient (Wildman–Crippen LogP) is 1.31. The second-order valence-electron chi connectivity index (χ2n) is 6.05. The molecule has 0 atom stereocenters. The van der Waals surface area contributed by atoms with Gasteiger partial charge in [-0.1, -0.05) is 18.2 Å². The quantitative estimate of drug-likeness (QED) is 0.884. The molecule has 1 aliphatic heterocycles. The van der Waals surface area contributed by atoms with Gasteiger partial charge in [-0.2, -0.15) is 0 Å². The summed E-state index contributed by atoms with van der Waals surface area (Å²) < 4.78 is 5.34. The Bertz CT molecular complexity index is 729. The maximum atomic E-state index is 12.5. The smallest absolute Gasteiger partial charge is 0.270 e. The Morgan fingerprint density at radius 1 is 1.24 bits per heavy atom. The summed E-state index contributed by atoms with van der Waals surface area (Å²) in [5, 5.41) is 2.94. The van der Waals surface area contributed by atoms with Crippen LogP contribution < -0.4 is 15.1 Å². The summed E-state index contributed by atoms with van der Waals surface area (Å²) in [4.78, 5) is 25.2. The van der Waals surface area contributed by atoms with Crippen LogP contribution >= 0.6 is 0 Å². The molecule has 25 heavy (non-hydrogen) atoms. The van der Waals surface area contributed by atoms with Gasteiger partial charge in [-0.25, -0.2) is 9.97 Å². The molecule has 0 saturated carbocycles. The standard InChI is InChI=1S/C18H23N5O2/c1-22(2)16-6-4-3-5-14(16)13-20-17(24)15-7-8-19-18(21-15)23-9-11-25-12-10-23/h3-8H,9-13H2,1-2H3,(H,20,24). The van der Waals surface area contributed by atoms with E-state index < -0.39 is 0 Å². The van der Waals surface area contributed by atoms with Crippen molar-refractivity contribution in [3.8, 4) is 0 Å². The van der Waals surface area contributed by atoms with Crippen LogP contribution in [0, 0.1) is 0 Å². The summed E-state index contributed by atoms with van der Waals surface area (Å²) in [5.41, 5.74) is 2.52. The minimum absolute atomic E-state index is 0.203. The highest BCUT2D eigenvalue weighted by molar-refractivity contribution is 5.92. The van der Waals surface area contributed by atoms with Crippen molar-refractivity contribution in [2.45, 2.75) is 6.54 Å². The van der Waals surface area contributed by atoms with E-state index in [0.717, 1.165) is 24.3 Å². The fourth-order valence-corrected chi connectivity index (χ4v) is 2.75. The number of carbonyl (C=O) groups is 1. The molecule has 2 aromatic rings. The topological polar surface area (TPSA) is 70.6 Å². The number of nitrogens with one attached hydrogen (secondary N) is 1. The van der Waals surface area contributed by atoms with Gasteiger partial charge in [0.1, 0.15) is 5.69 Å². The average Bonchev–Trinajstić information content (AvgIpc) is 2.67. The van der Waals surface area contributed by atoms with Gasteiger partial charge in [0.05, 0.1) is 13.2 Å². The molecule has 1 aliphatic rings. The number of amides is 1. The number of hydrogen-bond donors (Lipinski definition) is 1. The Balaban J connectivity index is 1.67. The molecular weight excluding hydrogens is 318 g/mol. The maximum absolute atomic E-state index is 12.5. The highest BCUT2D eigenvalue weighted by Crippen LogP contribution is 2.17. The predicted molar refractivity (Wildman–Crippen MR) is 97.0 cm³/mol. The Labute approximate surface area is 147 Å². The molecule has 1 aromatic heterocycles. The van der Waals surface area contributed by atoms with E-state index in [1.165, 1.54) is 0 Å². The molecule has 0 aliphatic carbocycles. The van der Waals surface area contributed by atoms with Crippen molar-refractivity contribution in [2.24, 2.45) is 0 Å². The fourth-order valence-electron chi connectivity index (χ4n) is 2.75. The zero-order valence-corrected chi connectivity index (χ0v) is 14.6. The molecule has 3 rings (SSSR count). The Morgan fingerprint density at radius 3 is 2.76 bits per heavy atom. The Kier molecular flexibility index (Phi) is 5.45. The van der Waals surface area contributed by atoms with Crippen molar-refractivity contribution in [1.29, 1.82) is 0 Å². The van der Waals surface area contributed by atoms with Crippen molar-refractivity contribution < 1.29 is 9.53 Å². The van der Waals surface area contributed by atoms with Crippen LogP contribution in [0.2, 0.25) is 0 Å². The third-order valence-corrected chi connectivity index (χ3v) is 4.08. The molecule has 1 fully saturated rings. The molecule has 0 radical (unpaired) electrons. The van der Waals surface area contributed by atoms with Crippen LogP contribution in [0.5, 0.6) is 0 Å². The van der Waals surface area contributed by atoms with E-state index in [9.17, 15) is 4.79 Å². The summed E-state index contributed by atoms with van der Waals surface area (Å²) in [7, 11) is 3.97. The minimum Gasteiger partial charge on any atom is -0.378 e. The van der Waals surface area contributed by atoms with Crippen molar-refractivity contribution in [3.05, 3.63) is 47.8 Å². The van der Waals surface area contributed by atoms with Crippen molar-refractivity contribution in [3.63, 3.8) is 0 Å². The van der Waals surface area contributed by atoms with Crippen molar-refractivity contribution >= 4 is 17.5 Å². The SMILES string of the molecule is CN(C)c1ccccc1CNC(=O)c1ccnc(N2CCOCC2)n1. The third-order valence-electron chi connectivity index (χ3n) is 4.08. The first-order valence-corrected chi connectivity index (χ1v) is 8.34. The van der Waals surface area contributed by atoms with Crippen LogP contribution in [0.25, 0.3) is 0 Å². The van der Waals surface area contributed by atoms with Crippen molar-refractivity contribution in [2.75, 3.05) is 50.2 Å². The van der Waals surface area contributed by atoms with Gasteiger partial charge in [0.25, 0.3) is 5.91 Å². The number of aromatic nitrogens is 2. The number of hydrogen-bond acceptors (Lipinski definition) is 6. The van der Waals surface area contributed by atoms with Crippen LogP contribution in [0.4, 0.5) is 11.6 Å². The number of carbonyl (C=O) groups excluding carboxylic acids is 1. The van der Waals surface area contributed by atoms with Crippen LogP contribution in [0.3, 0.4) is 0 Å². The van der Waals surface area contributed by atoms with Gasteiger partial charge in [0.2, 0.25) is 5.95 Å². The summed E-state index contributed by atoms with van der Waals surface area (Å²) >= 11 is 0. The number of rotatable bonds is 5. The number of benzene rings is 1. The van der Waals surface area contributed by atoms with E-state index in [1.54, 1.807) is 12.3 Å². The van der Waals surface area contributed by atoms with E-state index in [2.05, 4.69) is 15.3 Å². The molecule has 2 heterocycles. The van der Waals surface area contributed by atoms with Crippen molar-refractivity contribution in [1.82, 2.24) is 15.3 Å². The van der Waals surface area contributed by atoms with Crippen LogP contribution in [0.15, 0.2) is 36.5 Å². The minimum atomic E-state index is -0.203. The first-order chi connectivity index (χ1) is 12.1. The summed E-state index contributed by atoms with van der Waals surface area (Å²) in [6.07, 6.45) is 1.63. The molecule has 7 heteroatoms. The average molecular weight is 341 g/mol. The second kappa shape index (κ2) is 7.94. The highest BCUT2D eigenvalue weighted by Gasteiger charge is 2.16. The van der Waals surface area contributed by atoms with Crippen LogP contribution in [-0.2, 0) is 11.3 Å². The first kappa shape index (κ1) is 17.2. The number of para-hydroxylation sites is 1. The highest BCUT2D eigenvalue weighted by atomic mass is 16.5. The molecule has 1 amide bonds. The van der Waals surface area contributed by atoms with Gasteiger partial charge in [-0.05, 0) is 17.7 Å². The van der Waals surface area contributed by atoms with E-state index in [-0.39, 0.29) is 5.91 Å².